The van der Waals surface area contributed by atoms with E-state index in [-0.39, 0.29) is 11.4 Å². The van der Waals surface area contributed by atoms with Crippen molar-refractivity contribution in [3.05, 3.63) is 34.1 Å². The van der Waals surface area contributed by atoms with Gasteiger partial charge in [-0.15, -0.1) is 0 Å². The second-order valence-electron chi connectivity index (χ2n) is 2.91. The zero-order chi connectivity index (χ0) is 11.4. The molecule has 82 valence electrons. The van der Waals surface area contributed by atoms with Crippen LogP contribution in [-0.2, 0) is 21.3 Å². The molecule has 1 aromatic rings. The molecule has 0 bridgehead atoms. The van der Waals surface area contributed by atoms with Crippen LogP contribution in [0.3, 0.4) is 0 Å². The Hall–Kier alpha value is -0.610. The predicted octanol–water partition coefficient (Wildman–Crippen LogP) is 3.09. The summed E-state index contributed by atoms with van der Waals surface area (Å²) in [6.07, 6.45) is 0.0521. The van der Waals surface area contributed by atoms with Gasteiger partial charge in [-0.3, -0.25) is 4.79 Å². The molecular formula is C10H9BrClFO2. The fourth-order valence-corrected chi connectivity index (χ4v) is 1.98. The van der Waals surface area contributed by atoms with Crippen LogP contribution in [0.25, 0.3) is 0 Å². The average molecular weight is 296 g/mol. The smallest absolute Gasteiger partial charge is 0.310 e. The molecule has 1 rings (SSSR count). The highest BCUT2D eigenvalue weighted by Gasteiger charge is 2.13. The Morgan fingerprint density at radius 3 is 2.80 bits per heavy atom. The summed E-state index contributed by atoms with van der Waals surface area (Å²) in [6, 6.07) is 2.53. The Bertz CT molecular complexity index is 382. The van der Waals surface area contributed by atoms with Gasteiger partial charge in [0.25, 0.3) is 0 Å². The standard InChI is InChI=1S/C10H9BrClFO2/c1-15-10(14)4-8-6(5-11)2-7(13)3-9(8)12/h2-3H,4-5H2,1H3. The van der Waals surface area contributed by atoms with Gasteiger partial charge in [-0.1, -0.05) is 27.5 Å². The lowest BCUT2D eigenvalue weighted by Crippen LogP contribution is -2.07. The van der Waals surface area contributed by atoms with Gasteiger partial charge < -0.3 is 4.74 Å². The zero-order valence-corrected chi connectivity index (χ0v) is 10.4. The number of methoxy groups -OCH3 is 1. The summed E-state index contributed by atoms with van der Waals surface area (Å²) in [5, 5.41) is 0.687. The van der Waals surface area contributed by atoms with Crippen molar-refractivity contribution in [3.8, 4) is 0 Å². The summed E-state index contributed by atoms with van der Waals surface area (Å²) in [7, 11) is 1.30. The van der Waals surface area contributed by atoms with Gasteiger partial charge in [-0.05, 0) is 23.3 Å². The molecule has 0 aliphatic heterocycles. The number of esters is 1. The molecule has 0 aromatic heterocycles. The Morgan fingerprint density at radius 2 is 2.27 bits per heavy atom. The predicted molar refractivity (Wildman–Crippen MR) is 59.8 cm³/mol. The molecule has 0 unspecified atom stereocenters. The number of benzene rings is 1. The maximum absolute atomic E-state index is 13.0. The fraction of sp³-hybridized carbons (Fsp3) is 0.300. The first kappa shape index (κ1) is 12.5. The number of rotatable bonds is 3. The van der Waals surface area contributed by atoms with Gasteiger partial charge in [0.05, 0.1) is 13.5 Å². The Kier molecular flexibility index (Phi) is 4.54. The number of halogens is 3. The number of ether oxygens (including phenoxy) is 1. The van der Waals surface area contributed by atoms with Crippen LogP contribution in [0.4, 0.5) is 4.39 Å². The number of alkyl halides is 1. The summed E-state index contributed by atoms with van der Waals surface area (Å²) in [5.41, 5.74) is 1.26. The van der Waals surface area contributed by atoms with Crippen molar-refractivity contribution < 1.29 is 13.9 Å². The second-order valence-corrected chi connectivity index (χ2v) is 3.88. The van der Waals surface area contributed by atoms with Crippen molar-refractivity contribution >= 4 is 33.5 Å². The van der Waals surface area contributed by atoms with E-state index in [0.29, 0.717) is 16.5 Å². The summed E-state index contributed by atoms with van der Waals surface area (Å²) in [4.78, 5) is 11.1. The molecule has 1 aromatic carbocycles. The molecule has 0 aliphatic carbocycles. The molecule has 15 heavy (non-hydrogen) atoms. The molecule has 0 heterocycles. The van der Waals surface area contributed by atoms with Gasteiger partial charge >= 0.3 is 5.97 Å². The highest BCUT2D eigenvalue weighted by Crippen LogP contribution is 2.24. The Balaban J connectivity index is 3.09. The van der Waals surface area contributed by atoms with Gasteiger partial charge in [0.2, 0.25) is 0 Å². The molecular weight excluding hydrogens is 286 g/mol. The fourth-order valence-electron chi connectivity index (χ4n) is 1.19. The third-order valence-corrected chi connectivity index (χ3v) is 2.89. The highest BCUT2D eigenvalue weighted by molar-refractivity contribution is 9.08. The number of hydrogen-bond donors (Lipinski definition) is 0. The van der Waals surface area contributed by atoms with E-state index < -0.39 is 11.8 Å². The van der Waals surface area contributed by atoms with Crippen LogP contribution >= 0.6 is 27.5 Å². The van der Waals surface area contributed by atoms with Gasteiger partial charge in [0.1, 0.15) is 5.82 Å². The minimum atomic E-state index is -0.414. The van der Waals surface area contributed by atoms with Crippen molar-refractivity contribution in [3.63, 3.8) is 0 Å². The van der Waals surface area contributed by atoms with E-state index in [4.69, 9.17) is 11.6 Å². The van der Waals surface area contributed by atoms with Crippen LogP contribution in [0.2, 0.25) is 5.02 Å². The van der Waals surface area contributed by atoms with Gasteiger partial charge in [-0.25, -0.2) is 4.39 Å². The number of carbonyl (C=O) groups is 1. The van der Waals surface area contributed by atoms with Crippen LogP contribution < -0.4 is 0 Å². The quantitative estimate of drug-likeness (QED) is 0.633. The molecule has 0 N–H and O–H groups in total. The number of hydrogen-bond acceptors (Lipinski definition) is 2. The first-order chi connectivity index (χ1) is 7.08. The van der Waals surface area contributed by atoms with Crippen LogP contribution in [0, 0.1) is 5.82 Å². The van der Waals surface area contributed by atoms with E-state index in [2.05, 4.69) is 20.7 Å². The van der Waals surface area contributed by atoms with Crippen molar-refractivity contribution in [2.75, 3.05) is 7.11 Å². The minimum Gasteiger partial charge on any atom is -0.469 e. The van der Waals surface area contributed by atoms with Crippen molar-refractivity contribution in [2.45, 2.75) is 11.8 Å². The lowest BCUT2D eigenvalue weighted by molar-refractivity contribution is -0.139. The molecule has 0 fully saturated rings. The minimum absolute atomic E-state index is 0.0521. The molecule has 0 saturated carbocycles. The maximum atomic E-state index is 13.0. The second kappa shape index (κ2) is 5.47. The third-order valence-electron chi connectivity index (χ3n) is 1.95. The van der Waals surface area contributed by atoms with Crippen LogP contribution in [0.15, 0.2) is 12.1 Å². The van der Waals surface area contributed by atoms with E-state index in [1.165, 1.54) is 19.2 Å². The lowest BCUT2D eigenvalue weighted by Gasteiger charge is -2.08. The summed E-state index contributed by atoms with van der Waals surface area (Å²) >= 11 is 9.06. The molecule has 5 heteroatoms. The van der Waals surface area contributed by atoms with Gasteiger partial charge in [-0.2, -0.15) is 0 Å². The third kappa shape index (κ3) is 3.18. The summed E-state index contributed by atoms with van der Waals surface area (Å²) < 4.78 is 17.5. The average Bonchev–Trinajstić information content (AvgIpc) is 2.21. The van der Waals surface area contributed by atoms with E-state index in [1.54, 1.807) is 0 Å². The lowest BCUT2D eigenvalue weighted by atomic mass is 10.1. The van der Waals surface area contributed by atoms with E-state index in [0.717, 1.165) is 0 Å². The van der Waals surface area contributed by atoms with E-state index >= 15 is 0 Å². The molecule has 0 saturated heterocycles. The Morgan fingerprint density at radius 1 is 1.60 bits per heavy atom. The van der Waals surface area contributed by atoms with Crippen LogP contribution in [0.5, 0.6) is 0 Å². The van der Waals surface area contributed by atoms with Crippen molar-refractivity contribution in [1.82, 2.24) is 0 Å². The van der Waals surface area contributed by atoms with Crippen LogP contribution in [-0.4, -0.2) is 13.1 Å². The first-order valence-electron chi connectivity index (χ1n) is 4.18. The maximum Gasteiger partial charge on any atom is 0.310 e. The normalized spacial score (nSPS) is 10.1. The molecule has 0 atom stereocenters. The SMILES string of the molecule is COC(=O)Cc1c(Cl)cc(F)cc1CBr. The number of carbonyl (C=O) groups excluding carboxylic acids is 1. The molecule has 0 radical (unpaired) electrons. The van der Waals surface area contributed by atoms with Crippen molar-refractivity contribution in [1.29, 1.82) is 0 Å². The molecule has 2 nitrogen and oxygen atoms in total. The Labute approximate surface area is 101 Å². The largest absolute Gasteiger partial charge is 0.469 e. The van der Waals surface area contributed by atoms with Gasteiger partial charge in [0, 0.05) is 10.4 Å². The summed E-state index contributed by atoms with van der Waals surface area (Å²) in [6.45, 7) is 0. The topological polar surface area (TPSA) is 26.3 Å². The van der Waals surface area contributed by atoms with E-state index in [9.17, 15) is 9.18 Å². The molecule has 0 spiro atoms. The van der Waals surface area contributed by atoms with Gasteiger partial charge in [0.15, 0.2) is 0 Å². The highest BCUT2D eigenvalue weighted by atomic mass is 79.9. The van der Waals surface area contributed by atoms with E-state index in [1.807, 2.05) is 0 Å². The molecule has 0 aliphatic rings. The monoisotopic (exact) mass is 294 g/mol. The molecule has 0 amide bonds. The first-order valence-corrected chi connectivity index (χ1v) is 5.68. The van der Waals surface area contributed by atoms with Crippen molar-refractivity contribution in [2.24, 2.45) is 0 Å². The zero-order valence-electron chi connectivity index (χ0n) is 8.02. The summed E-state index contributed by atoms with van der Waals surface area (Å²) in [5.74, 6) is -0.811. The van der Waals surface area contributed by atoms with Crippen LogP contribution in [0.1, 0.15) is 11.1 Å².